The molecule has 1 saturated heterocycles. The van der Waals surface area contributed by atoms with Gasteiger partial charge in [0.1, 0.15) is 0 Å². The lowest BCUT2D eigenvalue weighted by Gasteiger charge is -2.28. The molecule has 0 bridgehead atoms. The average molecular weight is 267 g/mol. The summed E-state index contributed by atoms with van der Waals surface area (Å²) in [6, 6.07) is 4.94. The number of hydrogen-bond donors (Lipinski definition) is 1. The van der Waals surface area contributed by atoms with E-state index in [-0.39, 0.29) is 12.3 Å². The fourth-order valence-corrected chi connectivity index (χ4v) is 3.67. The molecule has 1 fully saturated rings. The number of benzene rings is 1. The Morgan fingerprint density at radius 3 is 2.56 bits per heavy atom. The Morgan fingerprint density at radius 2 is 1.89 bits per heavy atom. The zero-order chi connectivity index (χ0) is 12.9. The normalized spacial score (nSPS) is 19.8. The molecule has 1 aromatic rings. The van der Waals surface area contributed by atoms with Gasteiger partial charge < -0.3 is 5.73 Å². The van der Waals surface area contributed by atoms with Crippen molar-refractivity contribution in [3.63, 3.8) is 0 Å². The monoisotopic (exact) mass is 267 g/mol. The summed E-state index contributed by atoms with van der Waals surface area (Å²) >= 11 is 0. The topological polar surface area (TPSA) is 83.5 Å². The van der Waals surface area contributed by atoms with Crippen molar-refractivity contribution in [2.24, 2.45) is 0 Å². The molecule has 0 unspecified atom stereocenters. The van der Waals surface area contributed by atoms with E-state index in [1.54, 1.807) is 18.2 Å². The van der Waals surface area contributed by atoms with Gasteiger partial charge in [-0.1, -0.05) is 0 Å². The van der Waals surface area contributed by atoms with Crippen molar-refractivity contribution in [3.05, 3.63) is 23.8 Å². The minimum Gasteiger partial charge on any atom is -0.399 e. The molecule has 1 amide bonds. The van der Waals surface area contributed by atoms with E-state index in [4.69, 9.17) is 5.73 Å². The van der Waals surface area contributed by atoms with E-state index in [1.165, 1.54) is 4.31 Å². The number of aryl methyl sites for hydroxylation is 1. The highest BCUT2D eigenvalue weighted by Crippen LogP contribution is 2.33. The van der Waals surface area contributed by atoms with Gasteiger partial charge in [-0.3, -0.25) is 4.79 Å². The lowest BCUT2D eigenvalue weighted by Crippen LogP contribution is -2.43. The molecule has 0 atom stereocenters. The Bertz CT molecular complexity index is 622. The van der Waals surface area contributed by atoms with Crippen LogP contribution < -0.4 is 10.0 Å². The van der Waals surface area contributed by atoms with Crippen LogP contribution in [0.3, 0.4) is 0 Å². The summed E-state index contributed by atoms with van der Waals surface area (Å²) in [6.07, 6.45) is 0.731. The number of fused-ring (bicyclic) bond motifs is 1. The van der Waals surface area contributed by atoms with Gasteiger partial charge in [0.15, 0.2) is 0 Å². The van der Waals surface area contributed by atoms with E-state index in [0.29, 0.717) is 30.9 Å². The van der Waals surface area contributed by atoms with Crippen LogP contribution in [0.4, 0.5) is 11.4 Å². The van der Waals surface area contributed by atoms with Gasteiger partial charge in [0.2, 0.25) is 5.91 Å². The zero-order valence-corrected chi connectivity index (χ0v) is 10.5. The summed E-state index contributed by atoms with van der Waals surface area (Å²) in [4.78, 5) is 11.9. The first kappa shape index (κ1) is 11.5. The molecular weight excluding hydrogens is 254 g/mol. The number of nitrogens with zero attached hydrogens (tertiary/aromatic N) is 2. The molecule has 18 heavy (non-hydrogen) atoms. The van der Waals surface area contributed by atoms with E-state index in [0.717, 1.165) is 9.87 Å². The van der Waals surface area contributed by atoms with Crippen LogP contribution in [0.1, 0.15) is 12.0 Å². The molecule has 7 heteroatoms. The maximum absolute atomic E-state index is 12.2. The Hall–Kier alpha value is -1.60. The molecule has 0 spiro atoms. The van der Waals surface area contributed by atoms with Crippen molar-refractivity contribution in [2.75, 3.05) is 23.1 Å². The number of nitrogen functional groups attached to an aromatic ring is 1. The number of carbonyl (C=O) groups excluding carboxylic acids is 1. The fraction of sp³-hybridized carbons (Fsp3) is 0.364. The second-order valence-corrected chi connectivity index (χ2v) is 6.23. The van der Waals surface area contributed by atoms with Gasteiger partial charge >= 0.3 is 10.2 Å². The third kappa shape index (κ3) is 1.67. The second-order valence-electron chi connectivity index (χ2n) is 4.45. The van der Waals surface area contributed by atoms with Crippen LogP contribution in [0.25, 0.3) is 0 Å². The molecule has 6 nitrogen and oxygen atoms in total. The predicted molar refractivity (Wildman–Crippen MR) is 67.2 cm³/mol. The highest BCUT2D eigenvalue weighted by Gasteiger charge is 2.42. The molecule has 2 heterocycles. The van der Waals surface area contributed by atoms with Crippen LogP contribution in [0.15, 0.2) is 18.2 Å². The molecule has 0 aromatic heterocycles. The molecule has 0 aliphatic carbocycles. The number of nitrogens with two attached hydrogens (primary N) is 1. The van der Waals surface area contributed by atoms with E-state index >= 15 is 0 Å². The van der Waals surface area contributed by atoms with Gasteiger partial charge in [0, 0.05) is 25.2 Å². The maximum Gasteiger partial charge on any atom is 0.310 e. The third-order valence-corrected chi connectivity index (χ3v) is 5.00. The summed E-state index contributed by atoms with van der Waals surface area (Å²) in [5, 5.41) is 0. The SMILES string of the molecule is Nc1ccc2c(c1)CCC(=O)N2S(=O)(=O)N1CC1. The van der Waals surface area contributed by atoms with Crippen LogP contribution in [0.5, 0.6) is 0 Å². The van der Waals surface area contributed by atoms with E-state index in [2.05, 4.69) is 0 Å². The third-order valence-electron chi connectivity index (χ3n) is 3.12. The molecule has 2 aliphatic heterocycles. The zero-order valence-electron chi connectivity index (χ0n) is 9.67. The van der Waals surface area contributed by atoms with Crippen LogP contribution in [-0.2, 0) is 21.4 Å². The van der Waals surface area contributed by atoms with Gasteiger partial charge in [0.25, 0.3) is 0 Å². The van der Waals surface area contributed by atoms with Gasteiger partial charge in [-0.2, -0.15) is 17.0 Å². The number of amides is 1. The second kappa shape index (κ2) is 3.69. The summed E-state index contributed by atoms with van der Waals surface area (Å²) in [5.41, 5.74) is 7.50. The molecule has 96 valence electrons. The van der Waals surface area contributed by atoms with Gasteiger partial charge in [-0.05, 0) is 30.2 Å². The largest absolute Gasteiger partial charge is 0.399 e. The Balaban J connectivity index is 2.12. The number of hydrogen-bond acceptors (Lipinski definition) is 4. The summed E-state index contributed by atoms with van der Waals surface area (Å²) in [7, 11) is -3.69. The molecule has 0 radical (unpaired) electrons. The van der Waals surface area contributed by atoms with Gasteiger partial charge in [0.05, 0.1) is 5.69 Å². The molecule has 2 N–H and O–H groups in total. The Labute approximate surface area is 105 Å². The quantitative estimate of drug-likeness (QED) is 0.609. The van der Waals surface area contributed by atoms with E-state index < -0.39 is 10.2 Å². The number of rotatable bonds is 2. The molecular formula is C11H13N3O3S. The number of carbonyl (C=O) groups is 1. The van der Waals surface area contributed by atoms with Crippen molar-refractivity contribution in [1.29, 1.82) is 0 Å². The van der Waals surface area contributed by atoms with Crippen molar-refractivity contribution >= 4 is 27.5 Å². The van der Waals surface area contributed by atoms with Gasteiger partial charge in [-0.25, -0.2) is 0 Å². The van der Waals surface area contributed by atoms with Crippen molar-refractivity contribution in [2.45, 2.75) is 12.8 Å². The fourth-order valence-electron chi connectivity index (χ4n) is 2.12. The van der Waals surface area contributed by atoms with E-state index in [9.17, 15) is 13.2 Å². The number of anilines is 2. The molecule has 2 aliphatic rings. The highest BCUT2D eigenvalue weighted by atomic mass is 32.2. The van der Waals surface area contributed by atoms with Crippen molar-refractivity contribution in [1.82, 2.24) is 4.31 Å². The first-order valence-corrected chi connectivity index (χ1v) is 7.11. The van der Waals surface area contributed by atoms with Crippen LogP contribution in [0.2, 0.25) is 0 Å². The van der Waals surface area contributed by atoms with E-state index in [1.807, 2.05) is 0 Å². The smallest absolute Gasteiger partial charge is 0.310 e. The molecule has 1 aromatic carbocycles. The minimum atomic E-state index is -3.69. The van der Waals surface area contributed by atoms with Crippen LogP contribution in [-0.4, -0.2) is 31.7 Å². The Kier molecular flexibility index (Phi) is 2.36. The lowest BCUT2D eigenvalue weighted by atomic mass is 10.0. The average Bonchev–Trinajstić information content (AvgIpc) is 3.13. The van der Waals surface area contributed by atoms with Crippen molar-refractivity contribution in [3.8, 4) is 0 Å². The summed E-state index contributed by atoms with van der Waals surface area (Å²) < 4.78 is 26.6. The Morgan fingerprint density at radius 1 is 1.17 bits per heavy atom. The highest BCUT2D eigenvalue weighted by molar-refractivity contribution is 7.91. The summed E-state index contributed by atoms with van der Waals surface area (Å²) in [5.74, 6) is -0.376. The maximum atomic E-state index is 12.2. The first-order valence-electron chi connectivity index (χ1n) is 5.72. The standard InChI is InChI=1S/C11H13N3O3S/c12-9-2-3-10-8(7-9)1-4-11(15)14(10)18(16,17)13-5-6-13/h2-3,7H,1,4-6,12H2. The van der Waals surface area contributed by atoms with Gasteiger partial charge in [-0.15, -0.1) is 0 Å². The lowest BCUT2D eigenvalue weighted by molar-refractivity contribution is -0.117. The minimum absolute atomic E-state index is 0.198. The van der Waals surface area contributed by atoms with Crippen LogP contribution in [0, 0.1) is 0 Å². The molecule has 3 rings (SSSR count). The predicted octanol–water partition coefficient (Wildman–Crippen LogP) is 0.108. The van der Waals surface area contributed by atoms with Crippen LogP contribution >= 0.6 is 0 Å². The summed E-state index contributed by atoms with van der Waals surface area (Å²) in [6.45, 7) is 0.965. The first-order chi connectivity index (χ1) is 8.50. The van der Waals surface area contributed by atoms with Crippen molar-refractivity contribution < 1.29 is 13.2 Å². The molecule has 0 saturated carbocycles.